The number of benzene rings is 2. The van der Waals surface area contributed by atoms with Gasteiger partial charge in [0.1, 0.15) is 0 Å². The fourth-order valence-electron chi connectivity index (χ4n) is 4.50. The number of carboxylic acid groups (broad SMARTS) is 1. The van der Waals surface area contributed by atoms with Crippen molar-refractivity contribution in [3.05, 3.63) is 83.4 Å². The van der Waals surface area contributed by atoms with Crippen molar-refractivity contribution in [1.29, 1.82) is 0 Å². The molecule has 206 valence electrons. The van der Waals surface area contributed by atoms with E-state index in [-0.39, 0.29) is 31.1 Å². The lowest BCUT2D eigenvalue weighted by Crippen LogP contribution is -2.37. The summed E-state index contributed by atoms with van der Waals surface area (Å²) in [6, 6.07) is 15.7. The molecule has 1 heterocycles. The molecular formula is C30H40N2O6. The van der Waals surface area contributed by atoms with Crippen molar-refractivity contribution in [2.75, 3.05) is 20.1 Å². The van der Waals surface area contributed by atoms with Gasteiger partial charge in [-0.25, -0.2) is 0 Å². The minimum atomic E-state index is -0.801. The smallest absolute Gasteiger partial charge is 0.303 e. The Morgan fingerprint density at radius 2 is 1.66 bits per heavy atom. The van der Waals surface area contributed by atoms with E-state index in [0.29, 0.717) is 25.8 Å². The molecule has 0 unspecified atom stereocenters. The van der Waals surface area contributed by atoms with Crippen molar-refractivity contribution in [3.8, 4) is 0 Å². The molecule has 0 radical (unpaired) electrons. The van der Waals surface area contributed by atoms with Gasteiger partial charge in [0, 0.05) is 44.5 Å². The van der Waals surface area contributed by atoms with Crippen LogP contribution in [0.25, 0.3) is 0 Å². The van der Waals surface area contributed by atoms with E-state index in [9.17, 15) is 14.7 Å². The van der Waals surface area contributed by atoms with Gasteiger partial charge in [-0.2, -0.15) is 0 Å². The highest BCUT2D eigenvalue weighted by Crippen LogP contribution is 2.38. The molecule has 38 heavy (non-hydrogen) atoms. The Morgan fingerprint density at radius 3 is 2.32 bits per heavy atom. The second-order valence-corrected chi connectivity index (χ2v) is 9.83. The Labute approximate surface area is 225 Å². The molecule has 8 heteroatoms. The Morgan fingerprint density at radius 1 is 1.00 bits per heavy atom. The fraction of sp³-hybridized carbons (Fsp3) is 0.467. The number of nitrogens with zero attached hydrogens (tertiary/aromatic N) is 1. The van der Waals surface area contributed by atoms with Gasteiger partial charge in [-0.1, -0.05) is 61.0 Å². The van der Waals surface area contributed by atoms with Gasteiger partial charge in [0.25, 0.3) is 0 Å². The van der Waals surface area contributed by atoms with E-state index in [2.05, 4.69) is 16.8 Å². The summed E-state index contributed by atoms with van der Waals surface area (Å²) in [6.07, 6.45) is 4.44. The quantitative estimate of drug-likeness (QED) is 0.233. The number of rotatable bonds is 15. The molecule has 3 rings (SSSR count). The Bertz CT molecular complexity index is 1020. The minimum absolute atomic E-state index is 0.00606. The molecule has 3 N–H and O–H groups in total. The van der Waals surface area contributed by atoms with Gasteiger partial charge in [-0.15, -0.1) is 6.58 Å². The molecule has 0 bridgehead atoms. The second kappa shape index (κ2) is 15.4. The SMILES string of the molecule is C=CCN(C)C[C@H]1C[C@@H](c2ccc(CO)cc2)O[C@@H](c2ccc(CNC(=O)CCCCCC(=O)O)cc2)O1. The van der Waals surface area contributed by atoms with Gasteiger partial charge < -0.3 is 29.9 Å². The average molecular weight is 525 g/mol. The monoisotopic (exact) mass is 524 g/mol. The van der Waals surface area contributed by atoms with Crippen molar-refractivity contribution < 1.29 is 29.3 Å². The minimum Gasteiger partial charge on any atom is -0.481 e. The Balaban J connectivity index is 1.58. The fourth-order valence-corrected chi connectivity index (χ4v) is 4.50. The van der Waals surface area contributed by atoms with Crippen molar-refractivity contribution in [2.45, 2.75) is 70.2 Å². The van der Waals surface area contributed by atoms with Crippen molar-refractivity contribution in [2.24, 2.45) is 0 Å². The third-order valence-corrected chi connectivity index (χ3v) is 6.61. The number of amides is 1. The van der Waals surface area contributed by atoms with Gasteiger partial charge in [-0.05, 0) is 36.6 Å². The number of aliphatic hydroxyl groups is 1. The maximum Gasteiger partial charge on any atom is 0.303 e. The number of ether oxygens (including phenoxy) is 2. The van der Waals surface area contributed by atoms with Crippen LogP contribution in [0.1, 0.15) is 73.2 Å². The van der Waals surface area contributed by atoms with E-state index in [1.165, 1.54) is 0 Å². The van der Waals surface area contributed by atoms with Crippen molar-refractivity contribution in [1.82, 2.24) is 10.2 Å². The molecule has 0 aromatic heterocycles. The highest BCUT2D eigenvalue weighted by molar-refractivity contribution is 5.75. The summed E-state index contributed by atoms with van der Waals surface area (Å²) < 4.78 is 12.7. The van der Waals surface area contributed by atoms with Crippen LogP contribution in [0.4, 0.5) is 0 Å². The average Bonchev–Trinajstić information content (AvgIpc) is 2.92. The first kappa shape index (κ1) is 29.5. The van der Waals surface area contributed by atoms with Crippen LogP contribution in [0.15, 0.2) is 61.2 Å². The van der Waals surface area contributed by atoms with Crippen LogP contribution in [0.2, 0.25) is 0 Å². The number of hydrogen-bond acceptors (Lipinski definition) is 6. The van der Waals surface area contributed by atoms with Crippen LogP contribution in [0, 0.1) is 0 Å². The second-order valence-electron chi connectivity index (χ2n) is 9.83. The number of likely N-dealkylation sites (N-methyl/N-ethyl adjacent to an activating group) is 1. The molecule has 3 atom stereocenters. The standard InChI is InChI=1S/C30H40N2O6/c1-3-17-32(2)20-26-18-27(24-13-11-23(21-33)12-14-24)38-30(37-26)25-15-9-22(10-16-25)19-31-28(34)7-5-4-6-8-29(35)36/h3,9-16,26-27,30,33H,1,4-8,17-21H2,2H3,(H,31,34)(H,35,36)/t26-,27+,30+/m1/s1. The molecule has 1 amide bonds. The van der Waals surface area contributed by atoms with Crippen LogP contribution < -0.4 is 5.32 Å². The first-order valence-electron chi connectivity index (χ1n) is 13.2. The molecular weight excluding hydrogens is 484 g/mol. The Kier molecular flexibility index (Phi) is 12.0. The summed E-state index contributed by atoms with van der Waals surface area (Å²) in [5, 5.41) is 21.0. The number of aliphatic hydroxyl groups excluding tert-OH is 1. The highest BCUT2D eigenvalue weighted by Gasteiger charge is 2.32. The first-order valence-corrected chi connectivity index (χ1v) is 13.2. The zero-order valence-corrected chi connectivity index (χ0v) is 22.2. The van der Waals surface area contributed by atoms with Crippen LogP contribution in [0.3, 0.4) is 0 Å². The zero-order chi connectivity index (χ0) is 27.3. The number of hydrogen-bond donors (Lipinski definition) is 3. The topological polar surface area (TPSA) is 108 Å². The molecule has 1 aliphatic rings. The largest absolute Gasteiger partial charge is 0.481 e. The maximum atomic E-state index is 12.1. The van der Waals surface area contributed by atoms with E-state index < -0.39 is 12.3 Å². The first-order chi connectivity index (χ1) is 18.4. The molecule has 8 nitrogen and oxygen atoms in total. The third-order valence-electron chi connectivity index (χ3n) is 6.61. The number of carbonyl (C=O) groups excluding carboxylic acids is 1. The molecule has 0 aliphatic carbocycles. The highest BCUT2D eigenvalue weighted by atomic mass is 16.7. The number of carboxylic acids is 1. The number of unbranched alkanes of at least 4 members (excludes halogenated alkanes) is 2. The Hall–Kier alpha value is -3.04. The van der Waals surface area contributed by atoms with Crippen molar-refractivity contribution >= 4 is 11.9 Å². The molecule has 1 saturated heterocycles. The van der Waals surface area contributed by atoms with Gasteiger partial charge in [0.15, 0.2) is 6.29 Å². The predicted molar refractivity (Wildman–Crippen MR) is 145 cm³/mol. The van der Waals surface area contributed by atoms with Crippen LogP contribution in [0.5, 0.6) is 0 Å². The van der Waals surface area contributed by atoms with E-state index in [0.717, 1.165) is 48.2 Å². The summed E-state index contributed by atoms with van der Waals surface area (Å²) in [5.74, 6) is -0.838. The van der Waals surface area contributed by atoms with Crippen LogP contribution in [-0.4, -0.2) is 53.2 Å². The molecule has 2 aromatic rings. The van der Waals surface area contributed by atoms with Crippen molar-refractivity contribution in [3.63, 3.8) is 0 Å². The van der Waals surface area contributed by atoms with Gasteiger partial charge in [0.2, 0.25) is 5.91 Å². The summed E-state index contributed by atoms with van der Waals surface area (Å²) in [5.41, 5.74) is 3.79. The lowest BCUT2D eigenvalue weighted by Gasteiger charge is -2.37. The number of nitrogens with one attached hydrogen (secondary N) is 1. The molecule has 0 saturated carbocycles. The van der Waals surface area contributed by atoms with Gasteiger partial charge in [-0.3, -0.25) is 9.59 Å². The summed E-state index contributed by atoms with van der Waals surface area (Å²) >= 11 is 0. The van der Waals surface area contributed by atoms with Crippen LogP contribution >= 0.6 is 0 Å². The molecule has 1 fully saturated rings. The molecule has 0 spiro atoms. The molecule has 1 aliphatic heterocycles. The van der Waals surface area contributed by atoms with E-state index in [1.807, 2.05) is 61.7 Å². The maximum absolute atomic E-state index is 12.1. The summed E-state index contributed by atoms with van der Waals surface area (Å²) in [7, 11) is 2.04. The number of aliphatic carboxylic acids is 1. The van der Waals surface area contributed by atoms with E-state index >= 15 is 0 Å². The van der Waals surface area contributed by atoms with Gasteiger partial charge >= 0.3 is 5.97 Å². The normalized spacial score (nSPS) is 19.3. The van der Waals surface area contributed by atoms with E-state index in [4.69, 9.17) is 14.6 Å². The van der Waals surface area contributed by atoms with E-state index in [1.54, 1.807) is 0 Å². The summed E-state index contributed by atoms with van der Waals surface area (Å²) in [6.45, 7) is 5.77. The number of carbonyl (C=O) groups is 2. The molecule has 2 aromatic carbocycles. The lowest BCUT2D eigenvalue weighted by atomic mass is 9.99. The summed E-state index contributed by atoms with van der Waals surface area (Å²) in [4.78, 5) is 24.8. The third kappa shape index (κ3) is 9.68. The zero-order valence-electron chi connectivity index (χ0n) is 22.2. The van der Waals surface area contributed by atoms with Gasteiger partial charge in [0.05, 0.1) is 18.8 Å². The predicted octanol–water partition coefficient (Wildman–Crippen LogP) is 4.49. The van der Waals surface area contributed by atoms with Crippen LogP contribution in [-0.2, 0) is 32.2 Å². The lowest BCUT2D eigenvalue weighted by molar-refractivity contribution is -0.252.